The van der Waals surface area contributed by atoms with Gasteiger partial charge in [-0.1, -0.05) is 16.8 Å². The number of ether oxygens (including phenoxy) is 1. The zero-order valence-corrected chi connectivity index (χ0v) is 14.8. The Morgan fingerprint density at radius 1 is 1.19 bits per heavy atom. The standard InChI is InChI=1S/C19H14ClN3O4/c20-14-5-1-11(2-6-14)18-22-17(27-23-18)10-26-19(25)13-3-7-15-12(9-13)4-8-16(24)21-15/h1-3,5-7,9H,4,8,10H2,(H,21,24). The number of aryl methyl sites for hydroxylation is 1. The molecular formula is C19H14ClN3O4. The van der Waals surface area contributed by atoms with Crippen molar-refractivity contribution in [3.8, 4) is 11.4 Å². The Balaban J connectivity index is 1.41. The van der Waals surface area contributed by atoms with Crippen molar-refractivity contribution < 1.29 is 18.8 Å². The van der Waals surface area contributed by atoms with Crippen molar-refractivity contribution in [2.24, 2.45) is 0 Å². The first-order valence-corrected chi connectivity index (χ1v) is 8.65. The van der Waals surface area contributed by atoms with Crippen molar-refractivity contribution in [2.45, 2.75) is 19.4 Å². The fourth-order valence-electron chi connectivity index (χ4n) is 2.75. The summed E-state index contributed by atoms with van der Waals surface area (Å²) in [5.41, 5.74) is 2.79. The van der Waals surface area contributed by atoms with Crippen LogP contribution in [0.2, 0.25) is 5.02 Å². The topological polar surface area (TPSA) is 94.3 Å². The van der Waals surface area contributed by atoms with E-state index in [1.165, 1.54) is 0 Å². The second kappa shape index (κ2) is 7.20. The molecule has 3 aromatic rings. The largest absolute Gasteiger partial charge is 0.452 e. The number of aromatic nitrogens is 2. The normalized spacial score (nSPS) is 13.0. The summed E-state index contributed by atoms with van der Waals surface area (Å²) in [7, 11) is 0. The fraction of sp³-hybridized carbons (Fsp3) is 0.158. The number of hydrogen-bond acceptors (Lipinski definition) is 6. The van der Waals surface area contributed by atoms with Gasteiger partial charge in [0.2, 0.25) is 11.7 Å². The number of nitrogens with one attached hydrogen (secondary N) is 1. The number of carbonyl (C=O) groups excluding carboxylic acids is 2. The van der Waals surface area contributed by atoms with Crippen LogP contribution in [-0.2, 0) is 22.6 Å². The highest BCUT2D eigenvalue weighted by atomic mass is 35.5. The van der Waals surface area contributed by atoms with Crippen molar-refractivity contribution in [1.29, 1.82) is 0 Å². The zero-order chi connectivity index (χ0) is 18.8. The van der Waals surface area contributed by atoms with E-state index in [2.05, 4.69) is 15.5 Å². The summed E-state index contributed by atoms with van der Waals surface area (Å²) in [6.07, 6.45) is 0.997. The molecule has 27 heavy (non-hydrogen) atoms. The van der Waals surface area contributed by atoms with Crippen LogP contribution in [0, 0.1) is 0 Å². The molecule has 0 aliphatic carbocycles. The van der Waals surface area contributed by atoms with Crippen LogP contribution in [0.15, 0.2) is 47.0 Å². The molecule has 4 rings (SSSR count). The van der Waals surface area contributed by atoms with Crippen LogP contribution in [0.3, 0.4) is 0 Å². The summed E-state index contributed by atoms with van der Waals surface area (Å²) in [5, 5.41) is 7.26. The van der Waals surface area contributed by atoms with Crippen LogP contribution >= 0.6 is 11.6 Å². The number of anilines is 1. The number of benzene rings is 2. The fourth-order valence-corrected chi connectivity index (χ4v) is 2.88. The smallest absolute Gasteiger partial charge is 0.338 e. The first-order valence-electron chi connectivity index (χ1n) is 8.27. The molecule has 0 unspecified atom stereocenters. The van der Waals surface area contributed by atoms with E-state index in [4.69, 9.17) is 20.9 Å². The van der Waals surface area contributed by atoms with Crippen LogP contribution in [-0.4, -0.2) is 22.0 Å². The third kappa shape index (κ3) is 3.83. The predicted octanol–water partition coefficient (Wildman–Crippen LogP) is 3.63. The summed E-state index contributed by atoms with van der Waals surface area (Å²) < 4.78 is 10.4. The minimum Gasteiger partial charge on any atom is -0.452 e. The van der Waals surface area contributed by atoms with E-state index in [9.17, 15) is 9.59 Å². The van der Waals surface area contributed by atoms with E-state index in [1.807, 2.05) is 0 Å². The van der Waals surface area contributed by atoms with Gasteiger partial charge in [-0.25, -0.2) is 4.79 Å². The van der Waals surface area contributed by atoms with Crippen LogP contribution in [0.5, 0.6) is 0 Å². The highest BCUT2D eigenvalue weighted by Crippen LogP contribution is 2.24. The zero-order valence-electron chi connectivity index (χ0n) is 14.1. The Kier molecular flexibility index (Phi) is 4.60. The molecule has 0 bridgehead atoms. The van der Waals surface area contributed by atoms with Crippen LogP contribution < -0.4 is 5.32 Å². The van der Waals surface area contributed by atoms with Crippen LogP contribution in [0.4, 0.5) is 5.69 Å². The molecule has 0 saturated carbocycles. The van der Waals surface area contributed by atoms with Gasteiger partial charge in [0.05, 0.1) is 5.56 Å². The van der Waals surface area contributed by atoms with Gasteiger partial charge in [-0.15, -0.1) is 0 Å². The number of hydrogen-bond donors (Lipinski definition) is 1. The maximum absolute atomic E-state index is 12.3. The van der Waals surface area contributed by atoms with Gasteiger partial charge in [-0.05, 0) is 54.4 Å². The quantitative estimate of drug-likeness (QED) is 0.691. The molecule has 0 saturated heterocycles. The summed E-state index contributed by atoms with van der Waals surface area (Å²) in [4.78, 5) is 27.9. The van der Waals surface area contributed by atoms with Gasteiger partial charge in [0.15, 0.2) is 6.61 Å². The second-order valence-corrected chi connectivity index (χ2v) is 6.45. The van der Waals surface area contributed by atoms with Crippen LogP contribution in [0.25, 0.3) is 11.4 Å². The highest BCUT2D eigenvalue weighted by molar-refractivity contribution is 6.30. The van der Waals surface area contributed by atoms with Gasteiger partial charge in [0.25, 0.3) is 5.89 Å². The van der Waals surface area contributed by atoms with E-state index in [1.54, 1.807) is 42.5 Å². The number of nitrogens with zero attached hydrogens (tertiary/aromatic N) is 2. The molecule has 1 aliphatic heterocycles. The van der Waals surface area contributed by atoms with E-state index >= 15 is 0 Å². The van der Waals surface area contributed by atoms with Gasteiger partial charge in [0.1, 0.15) is 0 Å². The summed E-state index contributed by atoms with van der Waals surface area (Å²) in [6, 6.07) is 12.0. The molecule has 2 heterocycles. The van der Waals surface area contributed by atoms with Crippen molar-refractivity contribution in [1.82, 2.24) is 10.1 Å². The van der Waals surface area contributed by atoms with Gasteiger partial charge in [-0.2, -0.15) is 4.98 Å². The maximum atomic E-state index is 12.3. The Morgan fingerprint density at radius 2 is 2.00 bits per heavy atom. The Labute approximate surface area is 159 Å². The average molecular weight is 384 g/mol. The molecule has 7 nitrogen and oxygen atoms in total. The molecule has 136 valence electrons. The number of rotatable bonds is 4. The summed E-state index contributed by atoms with van der Waals surface area (Å²) in [6.45, 7) is -0.132. The van der Waals surface area contributed by atoms with Gasteiger partial charge >= 0.3 is 5.97 Å². The molecule has 0 radical (unpaired) electrons. The summed E-state index contributed by atoms with van der Waals surface area (Å²) >= 11 is 5.86. The predicted molar refractivity (Wildman–Crippen MR) is 97.3 cm³/mol. The lowest BCUT2D eigenvalue weighted by Gasteiger charge is -2.17. The van der Waals surface area contributed by atoms with Gasteiger partial charge < -0.3 is 14.6 Å². The minimum atomic E-state index is -0.499. The number of fused-ring (bicyclic) bond motifs is 1. The van der Waals surface area contributed by atoms with Gasteiger partial charge in [-0.3, -0.25) is 4.79 Å². The number of esters is 1. The third-order valence-corrected chi connectivity index (χ3v) is 4.39. The molecule has 2 aromatic carbocycles. The monoisotopic (exact) mass is 383 g/mol. The molecule has 1 aromatic heterocycles. The Bertz CT molecular complexity index is 1010. The lowest BCUT2D eigenvalue weighted by Crippen LogP contribution is -2.19. The van der Waals surface area contributed by atoms with Crippen LogP contribution in [0.1, 0.15) is 28.2 Å². The highest BCUT2D eigenvalue weighted by Gasteiger charge is 2.18. The lowest BCUT2D eigenvalue weighted by molar-refractivity contribution is -0.116. The second-order valence-electron chi connectivity index (χ2n) is 6.01. The van der Waals surface area contributed by atoms with Gasteiger partial charge in [0, 0.05) is 22.7 Å². The lowest BCUT2D eigenvalue weighted by atomic mass is 10.0. The van der Waals surface area contributed by atoms with Crippen molar-refractivity contribution in [3.63, 3.8) is 0 Å². The molecule has 1 amide bonds. The molecule has 0 atom stereocenters. The van der Waals surface area contributed by atoms with E-state index in [0.717, 1.165) is 16.8 Å². The van der Waals surface area contributed by atoms with Crippen molar-refractivity contribution in [2.75, 3.05) is 5.32 Å². The third-order valence-electron chi connectivity index (χ3n) is 4.13. The number of amides is 1. The molecule has 0 fully saturated rings. The first kappa shape index (κ1) is 17.2. The van der Waals surface area contributed by atoms with E-state index in [-0.39, 0.29) is 18.4 Å². The van der Waals surface area contributed by atoms with E-state index < -0.39 is 5.97 Å². The molecule has 8 heteroatoms. The molecular weight excluding hydrogens is 370 g/mol. The van der Waals surface area contributed by atoms with Crippen molar-refractivity contribution in [3.05, 3.63) is 64.5 Å². The summed E-state index contributed by atoms with van der Waals surface area (Å²) in [5.74, 6) is 0.0624. The minimum absolute atomic E-state index is 0.0225. The average Bonchev–Trinajstić information content (AvgIpc) is 3.15. The Hall–Kier alpha value is -3.19. The van der Waals surface area contributed by atoms with E-state index in [0.29, 0.717) is 29.3 Å². The molecule has 0 spiro atoms. The maximum Gasteiger partial charge on any atom is 0.338 e. The number of halogens is 1. The molecule has 1 aliphatic rings. The SMILES string of the molecule is O=C1CCc2cc(C(=O)OCc3nc(-c4ccc(Cl)cc4)no3)ccc2N1. The Morgan fingerprint density at radius 3 is 2.81 bits per heavy atom. The van der Waals surface area contributed by atoms with Crippen molar-refractivity contribution >= 4 is 29.2 Å². The molecule has 1 N–H and O–H groups in total. The number of carbonyl (C=O) groups is 2. The first-order chi connectivity index (χ1) is 13.1.